The summed E-state index contributed by atoms with van der Waals surface area (Å²) in [5, 5.41) is 0. The molecule has 1 aromatic carbocycles. The standard InChI is InChI=1S/C21H22F3N3O2/c1-15-2-3-16(12-25-15)13-26-10-8-20(9-11-26)14-27(19(28)21(23,24)29-20)18-6-4-17(22)5-7-18/h2-7,12H,8-11,13-14H2,1H3. The lowest BCUT2D eigenvalue weighted by Gasteiger charge is -2.48. The minimum Gasteiger partial charge on any atom is -0.304 e. The minimum atomic E-state index is -3.91. The number of anilines is 1. The molecule has 2 fully saturated rings. The van der Waals surface area contributed by atoms with Crippen molar-refractivity contribution in [1.82, 2.24) is 9.88 Å². The average molecular weight is 405 g/mol. The first-order valence-corrected chi connectivity index (χ1v) is 9.56. The van der Waals surface area contributed by atoms with Crippen LogP contribution in [0.4, 0.5) is 18.9 Å². The molecule has 2 saturated heterocycles. The van der Waals surface area contributed by atoms with Crippen LogP contribution in [0.15, 0.2) is 42.6 Å². The zero-order valence-corrected chi connectivity index (χ0v) is 16.1. The minimum absolute atomic E-state index is 0.0208. The fraction of sp³-hybridized carbons (Fsp3) is 0.429. The summed E-state index contributed by atoms with van der Waals surface area (Å²) in [6.07, 6.45) is -1.35. The van der Waals surface area contributed by atoms with Crippen LogP contribution in [0.25, 0.3) is 0 Å². The van der Waals surface area contributed by atoms with Gasteiger partial charge in [-0.1, -0.05) is 6.07 Å². The van der Waals surface area contributed by atoms with Gasteiger partial charge in [-0.05, 0) is 55.7 Å². The number of piperidine rings is 1. The first-order valence-electron chi connectivity index (χ1n) is 9.56. The van der Waals surface area contributed by atoms with Crippen LogP contribution in [0.2, 0.25) is 0 Å². The van der Waals surface area contributed by atoms with Crippen molar-refractivity contribution in [2.75, 3.05) is 24.5 Å². The highest BCUT2D eigenvalue weighted by molar-refractivity contribution is 5.98. The van der Waals surface area contributed by atoms with E-state index in [-0.39, 0.29) is 12.2 Å². The Morgan fingerprint density at radius 3 is 2.41 bits per heavy atom. The molecule has 154 valence electrons. The number of pyridine rings is 1. The number of benzene rings is 1. The van der Waals surface area contributed by atoms with Crippen molar-refractivity contribution >= 4 is 11.6 Å². The third kappa shape index (κ3) is 4.13. The molecule has 0 atom stereocenters. The molecule has 29 heavy (non-hydrogen) atoms. The molecule has 5 nitrogen and oxygen atoms in total. The van der Waals surface area contributed by atoms with Gasteiger partial charge in [-0.15, -0.1) is 0 Å². The molecular formula is C21H22F3N3O2. The Bertz CT molecular complexity index is 879. The second-order valence-corrected chi connectivity index (χ2v) is 7.75. The van der Waals surface area contributed by atoms with E-state index >= 15 is 0 Å². The molecule has 3 heterocycles. The van der Waals surface area contributed by atoms with E-state index in [4.69, 9.17) is 4.74 Å². The van der Waals surface area contributed by atoms with E-state index in [9.17, 15) is 18.0 Å². The number of aryl methyl sites for hydroxylation is 1. The van der Waals surface area contributed by atoms with Gasteiger partial charge in [0, 0.05) is 37.2 Å². The van der Waals surface area contributed by atoms with Crippen molar-refractivity contribution in [2.24, 2.45) is 0 Å². The molecule has 0 aliphatic carbocycles. The number of carbonyl (C=O) groups is 1. The van der Waals surface area contributed by atoms with Gasteiger partial charge in [0.2, 0.25) is 0 Å². The number of rotatable bonds is 3. The fourth-order valence-electron chi connectivity index (χ4n) is 3.92. The summed E-state index contributed by atoms with van der Waals surface area (Å²) in [5.74, 6) is -1.90. The molecule has 2 aliphatic rings. The Morgan fingerprint density at radius 2 is 1.79 bits per heavy atom. The number of halogens is 3. The summed E-state index contributed by atoms with van der Waals surface area (Å²) in [7, 11) is 0. The van der Waals surface area contributed by atoms with Gasteiger partial charge < -0.3 is 9.64 Å². The van der Waals surface area contributed by atoms with Crippen LogP contribution < -0.4 is 4.90 Å². The van der Waals surface area contributed by atoms with E-state index < -0.39 is 23.4 Å². The van der Waals surface area contributed by atoms with Crippen LogP contribution in [-0.2, 0) is 16.1 Å². The summed E-state index contributed by atoms with van der Waals surface area (Å²) in [5.41, 5.74) is 1.11. The second-order valence-electron chi connectivity index (χ2n) is 7.75. The monoisotopic (exact) mass is 405 g/mol. The molecule has 8 heteroatoms. The number of aromatic nitrogens is 1. The van der Waals surface area contributed by atoms with Gasteiger partial charge in [-0.25, -0.2) is 4.39 Å². The summed E-state index contributed by atoms with van der Waals surface area (Å²) in [6.45, 7) is 3.75. The van der Waals surface area contributed by atoms with Gasteiger partial charge in [0.25, 0.3) is 0 Å². The van der Waals surface area contributed by atoms with E-state index in [1.54, 1.807) is 0 Å². The lowest BCUT2D eigenvalue weighted by atomic mass is 9.88. The highest BCUT2D eigenvalue weighted by atomic mass is 19.3. The summed E-state index contributed by atoms with van der Waals surface area (Å²) >= 11 is 0. The largest absolute Gasteiger partial charge is 0.437 e. The highest BCUT2D eigenvalue weighted by Gasteiger charge is 2.57. The molecule has 1 aromatic heterocycles. The lowest BCUT2D eigenvalue weighted by molar-refractivity contribution is -0.293. The van der Waals surface area contributed by atoms with E-state index in [1.807, 2.05) is 25.3 Å². The highest BCUT2D eigenvalue weighted by Crippen LogP contribution is 2.40. The number of likely N-dealkylation sites (tertiary alicyclic amines) is 1. The van der Waals surface area contributed by atoms with Crippen molar-refractivity contribution in [3.05, 3.63) is 59.7 Å². The van der Waals surface area contributed by atoms with Gasteiger partial charge in [-0.2, -0.15) is 8.78 Å². The van der Waals surface area contributed by atoms with Crippen molar-refractivity contribution in [2.45, 2.75) is 38.0 Å². The topological polar surface area (TPSA) is 45.7 Å². The maximum atomic E-state index is 14.4. The summed E-state index contributed by atoms with van der Waals surface area (Å²) in [6, 6.07) is 8.93. The lowest BCUT2D eigenvalue weighted by Crippen LogP contribution is -2.64. The first-order chi connectivity index (χ1) is 13.8. The Hall–Kier alpha value is -2.45. The maximum Gasteiger partial charge on any atom is 0.437 e. The van der Waals surface area contributed by atoms with Crippen LogP contribution in [0, 0.1) is 12.7 Å². The van der Waals surface area contributed by atoms with Gasteiger partial charge >= 0.3 is 12.0 Å². The third-order valence-corrected chi connectivity index (χ3v) is 5.57. The summed E-state index contributed by atoms with van der Waals surface area (Å²) < 4.78 is 47.1. The molecule has 0 bridgehead atoms. The number of ether oxygens (including phenoxy) is 1. The van der Waals surface area contributed by atoms with Crippen LogP contribution in [0.1, 0.15) is 24.1 Å². The molecule has 0 N–H and O–H groups in total. The van der Waals surface area contributed by atoms with E-state index in [0.717, 1.165) is 28.3 Å². The van der Waals surface area contributed by atoms with Gasteiger partial charge in [0.1, 0.15) is 5.82 Å². The Morgan fingerprint density at radius 1 is 1.10 bits per heavy atom. The van der Waals surface area contributed by atoms with Crippen molar-refractivity contribution in [1.29, 1.82) is 0 Å². The van der Waals surface area contributed by atoms with Crippen LogP contribution in [-0.4, -0.2) is 47.1 Å². The normalized spacial score (nSPS) is 21.5. The van der Waals surface area contributed by atoms with E-state index in [2.05, 4.69) is 9.88 Å². The molecule has 4 rings (SSSR count). The number of nitrogens with zero attached hydrogens (tertiary/aromatic N) is 3. The van der Waals surface area contributed by atoms with E-state index in [0.29, 0.717) is 32.5 Å². The zero-order chi connectivity index (χ0) is 20.6. The number of alkyl halides is 2. The first kappa shape index (κ1) is 19.8. The SMILES string of the molecule is Cc1ccc(CN2CCC3(CC2)CN(c2ccc(F)cc2)C(=O)C(F)(F)O3)cn1. The molecule has 1 spiro atoms. The molecule has 2 aromatic rings. The van der Waals surface area contributed by atoms with Gasteiger partial charge in [-0.3, -0.25) is 14.7 Å². The molecule has 0 unspecified atom stereocenters. The quantitative estimate of drug-likeness (QED) is 0.784. The predicted molar refractivity (Wildman–Crippen MR) is 101 cm³/mol. The molecule has 2 aliphatic heterocycles. The average Bonchev–Trinajstić information content (AvgIpc) is 2.69. The Labute approximate surface area is 167 Å². The molecule has 0 saturated carbocycles. The third-order valence-electron chi connectivity index (χ3n) is 5.57. The van der Waals surface area contributed by atoms with Gasteiger partial charge in [0.15, 0.2) is 0 Å². The molecule has 0 radical (unpaired) electrons. The Balaban J connectivity index is 1.48. The Kier molecular flexibility index (Phi) is 5.08. The molecular weight excluding hydrogens is 383 g/mol. The predicted octanol–water partition coefficient (Wildman–Crippen LogP) is 3.52. The zero-order valence-electron chi connectivity index (χ0n) is 16.1. The number of hydrogen-bond acceptors (Lipinski definition) is 4. The second kappa shape index (κ2) is 7.42. The maximum absolute atomic E-state index is 14.4. The fourth-order valence-corrected chi connectivity index (χ4v) is 3.92. The van der Waals surface area contributed by atoms with E-state index in [1.165, 1.54) is 12.1 Å². The number of carbonyl (C=O) groups excluding carboxylic acids is 1. The van der Waals surface area contributed by atoms with Crippen LogP contribution in [0.5, 0.6) is 0 Å². The van der Waals surface area contributed by atoms with Crippen molar-refractivity contribution < 1.29 is 22.7 Å². The number of hydrogen-bond donors (Lipinski definition) is 0. The smallest absolute Gasteiger partial charge is 0.304 e. The number of amides is 1. The van der Waals surface area contributed by atoms with Crippen LogP contribution in [0.3, 0.4) is 0 Å². The van der Waals surface area contributed by atoms with Crippen LogP contribution >= 0.6 is 0 Å². The number of morpholine rings is 1. The van der Waals surface area contributed by atoms with Gasteiger partial charge in [0.05, 0.1) is 12.1 Å². The summed E-state index contributed by atoms with van der Waals surface area (Å²) in [4.78, 5) is 19.7. The van der Waals surface area contributed by atoms with Crippen molar-refractivity contribution in [3.63, 3.8) is 0 Å². The van der Waals surface area contributed by atoms with Crippen molar-refractivity contribution in [3.8, 4) is 0 Å². The molecule has 1 amide bonds.